The van der Waals surface area contributed by atoms with Crippen molar-refractivity contribution >= 4 is 5.97 Å². The molecule has 0 saturated heterocycles. The number of carbonyl (C=O) groups is 1. The second kappa shape index (κ2) is 4.01. The molecular weight excluding hydrogens is 195 g/mol. The first kappa shape index (κ1) is 10.1. The summed E-state index contributed by atoms with van der Waals surface area (Å²) in [5.74, 6) is -0.777. The molecule has 2 rings (SSSR count). The van der Waals surface area contributed by atoms with E-state index in [9.17, 15) is 9.18 Å². The zero-order valence-corrected chi connectivity index (χ0v) is 8.32. The molecule has 2 nitrogen and oxygen atoms in total. The Kier molecular flexibility index (Phi) is 2.71. The minimum absolute atomic E-state index is 0.184. The fourth-order valence-corrected chi connectivity index (χ4v) is 2.08. The Balaban J connectivity index is 1.90. The molecule has 1 aliphatic carbocycles. The molecular formula is C12H13FO2. The molecule has 3 heteroatoms. The molecule has 0 bridgehead atoms. The van der Waals surface area contributed by atoms with Crippen LogP contribution in [0.2, 0.25) is 0 Å². The van der Waals surface area contributed by atoms with Crippen molar-refractivity contribution in [2.24, 2.45) is 11.8 Å². The van der Waals surface area contributed by atoms with E-state index in [4.69, 9.17) is 5.11 Å². The van der Waals surface area contributed by atoms with Gasteiger partial charge in [-0.15, -0.1) is 0 Å². The zero-order valence-electron chi connectivity index (χ0n) is 8.32. The Morgan fingerprint density at radius 2 is 2.07 bits per heavy atom. The summed E-state index contributed by atoms with van der Waals surface area (Å²) in [6.07, 6.45) is 2.03. The lowest BCUT2D eigenvalue weighted by Gasteiger charge is -2.32. The Labute approximate surface area is 87.7 Å². The van der Waals surface area contributed by atoms with Gasteiger partial charge in [-0.1, -0.05) is 18.2 Å². The van der Waals surface area contributed by atoms with Crippen LogP contribution < -0.4 is 0 Å². The maximum Gasteiger partial charge on any atom is 0.306 e. The lowest BCUT2D eigenvalue weighted by molar-refractivity contribution is -0.146. The number of rotatable bonds is 3. The average molecular weight is 208 g/mol. The van der Waals surface area contributed by atoms with Gasteiger partial charge in [-0.3, -0.25) is 4.79 Å². The van der Waals surface area contributed by atoms with Gasteiger partial charge in [-0.05, 0) is 36.8 Å². The van der Waals surface area contributed by atoms with Gasteiger partial charge < -0.3 is 5.11 Å². The molecule has 0 radical (unpaired) electrons. The Morgan fingerprint density at radius 1 is 1.40 bits per heavy atom. The van der Waals surface area contributed by atoms with Gasteiger partial charge in [0, 0.05) is 0 Å². The Hall–Kier alpha value is -1.38. The molecule has 0 atom stereocenters. The summed E-state index contributed by atoms with van der Waals surface area (Å²) in [5, 5.41) is 8.70. The average Bonchev–Trinajstić information content (AvgIpc) is 2.12. The van der Waals surface area contributed by atoms with Crippen LogP contribution in [0.3, 0.4) is 0 Å². The SMILES string of the molecule is O=C(O)C1CC(Cc2ccccc2F)C1. The maximum atomic E-state index is 13.2. The molecule has 0 aromatic heterocycles. The molecule has 15 heavy (non-hydrogen) atoms. The highest BCUT2D eigenvalue weighted by molar-refractivity contribution is 5.71. The van der Waals surface area contributed by atoms with Crippen LogP contribution in [0.25, 0.3) is 0 Å². The topological polar surface area (TPSA) is 37.3 Å². The zero-order chi connectivity index (χ0) is 10.8. The van der Waals surface area contributed by atoms with E-state index in [-0.39, 0.29) is 11.7 Å². The van der Waals surface area contributed by atoms with Crippen LogP contribution >= 0.6 is 0 Å². The van der Waals surface area contributed by atoms with Crippen molar-refractivity contribution < 1.29 is 14.3 Å². The van der Waals surface area contributed by atoms with Crippen LogP contribution in [0.1, 0.15) is 18.4 Å². The highest BCUT2D eigenvalue weighted by Crippen LogP contribution is 2.36. The lowest BCUT2D eigenvalue weighted by Crippen LogP contribution is -2.31. The van der Waals surface area contributed by atoms with Crippen molar-refractivity contribution in [3.8, 4) is 0 Å². The van der Waals surface area contributed by atoms with Crippen LogP contribution in [0.5, 0.6) is 0 Å². The first-order valence-corrected chi connectivity index (χ1v) is 5.13. The second-order valence-corrected chi connectivity index (χ2v) is 4.17. The number of carboxylic acid groups (broad SMARTS) is 1. The van der Waals surface area contributed by atoms with E-state index >= 15 is 0 Å². The lowest BCUT2D eigenvalue weighted by atomic mass is 9.72. The van der Waals surface area contributed by atoms with Gasteiger partial charge in [0.1, 0.15) is 5.82 Å². The first-order chi connectivity index (χ1) is 7.16. The largest absolute Gasteiger partial charge is 0.481 e. The van der Waals surface area contributed by atoms with Crippen LogP contribution in [-0.2, 0) is 11.2 Å². The van der Waals surface area contributed by atoms with Crippen molar-refractivity contribution in [2.45, 2.75) is 19.3 Å². The Bertz CT molecular complexity index is 370. The third-order valence-electron chi connectivity index (χ3n) is 3.05. The molecule has 80 valence electrons. The number of halogens is 1. The fraction of sp³-hybridized carbons (Fsp3) is 0.417. The summed E-state index contributed by atoms with van der Waals surface area (Å²) >= 11 is 0. The standard InChI is InChI=1S/C12H13FO2/c13-11-4-2-1-3-9(11)5-8-6-10(7-8)12(14)15/h1-4,8,10H,5-7H2,(H,14,15). The van der Waals surface area contributed by atoms with Crippen molar-refractivity contribution in [1.29, 1.82) is 0 Å². The first-order valence-electron chi connectivity index (χ1n) is 5.13. The van der Waals surface area contributed by atoms with Crippen molar-refractivity contribution in [3.05, 3.63) is 35.6 Å². The van der Waals surface area contributed by atoms with Gasteiger partial charge >= 0.3 is 5.97 Å². The predicted octanol–water partition coefficient (Wildman–Crippen LogP) is 2.48. The molecule has 1 N–H and O–H groups in total. The van der Waals surface area contributed by atoms with Crippen molar-refractivity contribution in [3.63, 3.8) is 0 Å². The van der Waals surface area contributed by atoms with Gasteiger partial charge in [-0.2, -0.15) is 0 Å². The van der Waals surface area contributed by atoms with Crippen molar-refractivity contribution in [1.82, 2.24) is 0 Å². The predicted molar refractivity (Wildman–Crippen MR) is 54.0 cm³/mol. The summed E-state index contributed by atoms with van der Waals surface area (Å²) in [5.41, 5.74) is 0.700. The maximum absolute atomic E-state index is 13.2. The van der Waals surface area contributed by atoms with Crippen molar-refractivity contribution in [2.75, 3.05) is 0 Å². The summed E-state index contributed by atoms with van der Waals surface area (Å²) < 4.78 is 13.2. The van der Waals surface area contributed by atoms with Gasteiger partial charge in [-0.25, -0.2) is 4.39 Å². The van der Waals surface area contributed by atoms with E-state index in [1.807, 2.05) is 6.07 Å². The second-order valence-electron chi connectivity index (χ2n) is 4.17. The van der Waals surface area contributed by atoms with Crippen LogP contribution in [-0.4, -0.2) is 11.1 Å². The summed E-state index contributed by atoms with van der Waals surface area (Å²) in [4.78, 5) is 10.6. The minimum Gasteiger partial charge on any atom is -0.481 e. The molecule has 0 aliphatic heterocycles. The van der Waals surface area contributed by atoms with E-state index in [2.05, 4.69) is 0 Å². The molecule has 1 fully saturated rings. The highest BCUT2D eigenvalue weighted by atomic mass is 19.1. The number of carboxylic acids is 1. The highest BCUT2D eigenvalue weighted by Gasteiger charge is 2.34. The summed E-state index contributed by atoms with van der Waals surface area (Å²) in [7, 11) is 0. The van der Waals surface area contributed by atoms with Crippen LogP contribution in [0.15, 0.2) is 24.3 Å². The van der Waals surface area contributed by atoms with Gasteiger partial charge in [0.25, 0.3) is 0 Å². The summed E-state index contributed by atoms with van der Waals surface area (Å²) in [6.45, 7) is 0. The van der Waals surface area contributed by atoms with Gasteiger partial charge in [0.2, 0.25) is 0 Å². The Morgan fingerprint density at radius 3 is 2.67 bits per heavy atom. The van der Waals surface area contributed by atoms with E-state index in [1.54, 1.807) is 12.1 Å². The van der Waals surface area contributed by atoms with E-state index in [0.29, 0.717) is 30.7 Å². The third-order valence-corrected chi connectivity index (χ3v) is 3.05. The molecule has 1 aromatic rings. The quantitative estimate of drug-likeness (QED) is 0.828. The van der Waals surface area contributed by atoms with Crippen LogP contribution in [0.4, 0.5) is 4.39 Å². The number of hydrogen-bond acceptors (Lipinski definition) is 1. The molecule has 0 spiro atoms. The summed E-state index contributed by atoms with van der Waals surface area (Å²) in [6, 6.07) is 6.69. The third kappa shape index (κ3) is 2.17. The molecule has 1 aromatic carbocycles. The molecule has 0 heterocycles. The number of aliphatic carboxylic acids is 1. The monoisotopic (exact) mass is 208 g/mol. The molecule has 1 saturated carbocycles. The molecule has 0 amide bonds. The van der Waals surface area contributed by atoms with E-state index in [0.717, 1.165) is 0 Å². The van der Waals surface area contributed by atoms with Gasteiger partial charge in [0.05, 0.1) is 5.92 Å². The van der Waals surface area contributed by atoms with E-state index < -0.39 is 5.97 Å². The number of benzene rings is 1. The number of hydrogen-bond donors (Lipinski definition) is 1. The molecule has 1 aliphatic rings. The fourth-order valence-electron chi connectivity index (χ4n) is 2.08. The van der Waals surface area contributed by atoms with Gasteiger partial charge in [0.15, 0.2) is 0 Å². The minimum atomic E-state index is -0.722. The molecule has 0 unspecified atom stereocenters. The smallest absolute Gasteiger partial charge is 0.306 e. The normalized spacial score (nSPS) is 24.6. The van der Waals surface area contributed by atoms with E-state index in [1.165, 1.54) is 6.07 Å². The van der Waals surface area contributed by atoms with Crippen LogP contribution in [0, 0.1) is 17.7 Å².